The van der Waals surface area contributed by atoms with Crippen molar-refractivity contribution >= 4 is 16.1 Å². The van der Waals surface area contributed by atoms with Crippen LogP contribution in [0.15, 0.2) is 29.2 Å². The van der Waals surface area contributed by atoms with Gasteiger partial charge in [0.1, 0.15) is 0 Å². The van der Waals surface area contributed by atoms with Crippen LogP contribution in [0.4, 0.5) is 4.79 Å². The van der Waals surface area contributed by atoms with Crippen molar-refractivity contribution in [1.29, 1.82) is 0 Å². The van der Waals surface area contributed by atoms with Crippen molar-refractivity contribution in [2.24, 2.45) is 0 Å². The number of aryl methyl sites for hydroxylation is 1. The highest BCUT2D eigenvalue weighted by atomic mass is 32.2. The summed E-state index contributed by atoms with van der Waals surface area (Å²) in [6.45, 7) is 3.39. The number of rotatable bonds is 3. The largest absolute Gasteiger partial charge is 0.345 e. The van der Waals surface area contributed by atoms with E-state index >= 15 is 0 Å². The molecule has 0 atom stereocenters. The number of hydrazine groups is 1. The van der Waals surface area contributed by atoms with Crippen LogP contribution in [0.5, 0.6) is 0 Å². The number of sulfonamides is 1. The van der Waals surface area contributed by atoms with Crippen LogP contribution in [0.25, 0.3) is 0 Å². The first kappa shape index (κ1) is 16.8. The Hall–Kier alpha value is -1.60. The number of benzene rings is 1. The van der Waals surface area contributed by atoms with Crippen LogP contribution in [0.2, 0.25) is 0 Å². The Morgan fingerprint density at radius 1 is 1.09 bits per heavy atom. The van der Waals surface area contributed by atoms with E-state index in [1.54, 1.807) is 17.1 Å². The number of nitrogens with zero attached hydrogens (tertiary/aromatic N) is 2. The minimum atomic E-state index is -3.82. The van der Waals surface area contributed by atoms with Crippen molar-refractivity contribution in [1.82, 2.24) is 14.7 Å². The van der Waals surface area contributed by atoms with Gasteiger partial charge in [-0.2, -0.15) is 0 Å². The Labute approximate surface area is 132 Å². The third kappa shape index (κ3) is 3.98. The van der Waals surface area contributed by atoms with E-state index < -0.39 is 16.1 Å². The summed E-state index contributed by atoms with van der Waals surface area (Å²) in [5.41, 5.74) is 3.66. The van der Waals surface area contributed by atoms with Crippen molar-refractivity contribution in [2.45, 2.75) is 37.5 Å². The van der Waals surface area contributed by atoms with Crippen molar-refractivity contribution in [2.75, 3.05) is 20.1 Å². The predicted molar refractivity (Wildman–Crippen MR) is 84.7 cm³/mol. The summed E-state index contributed by atoms with van der Waals surface area (Å²) in [5, 5.41) is 1.80. The van der Waals surface area contributed by atoms with Crippen molar-refractivity contribution < 1.29 is 13.2 Å². The first-order valence-electron chi connectivity index (χ1n) is 7.52. The molecular formula is C15H23N3O3S. The van der Waals surface area contributed by atoms with E-state index in [-0.39, 0.29) is 4.90 Å². The minimum Gasteiger partial charge on any atom is -0.270 e. The molecule has 0 saturated carbocycles. The second-order valence-corrected chi connectivity index (χ2v) is 7.57. The number of hydrogen-bond acceptors (Lipinski definition) is 4. The molecule has 7 heteroatoms. The van der Waals surface area contributed by atoms with Crippen LogP contribution in [-0.4, -0.2) is 43.9 Å². The number of urea groups is 1. The zero-order valence-electron chi connectivity index (χ0n) is 13.1. The smallest absolute Gasteiger partial charge is 0.270 e. The summed E-state index contributed by atoms with van der Waals surface area (Å²) in [6.07, 6.45) is 4.30. The van der Waals surface area contributed by atoms with E-state index in [9.17, 15) is 13.2 Å². The summed E-state index contributed by atoms with van der Waals surface area (Å²) >= 11 is 0. The van der Waals surface area contributed by atoms with Crippen molar-refractivity contribution in [3.63, 3.8) is 0 Å². The molecular weight excluding hydrogens is 302 g/mol. The lowest BCUT2D eigenvalue weighted by Crippen LogP contribution is -2.49. The third-order valence-corrected chi connectivity index (χ3v) is 5.58. The molecule has 0 bridgehead atoms. The average Bonchev–Trinajstić information content (AvgIpc) is 2.75. The lowest BCUT2D eigenvalue weighted by Gasteiger charge is -2.25. The van der Waals surface area contributed by atoms with Gasteiger partial charge >= 0.3 is 6.03 Å². The summed E-state index contributed by atoms with van der Waals surface area (Å²) in [5.74, 6) is 0. The van der Waals surface area contributed by atoms with Gasteiger partial charge in [0.2, 0.25) is 0 Å². The second-order valence-electron chi connectivity index (χ2n) is 5.60. The monoisotopic (exact) mass is 325 g/mol. The van der Waals surface area contributed by atoms with Gasteiger partial charge in [-0.25, -0.2) is 22.5 Å². The van der Waals surface area contributed by atoms with Gasteiger partial charge < -0.3 is 0 Å². The zero-order valence-corrected chi connectivity index (χ0v) is 13.9. The summed E-state index contributed by atoms with van der Waals surface area (Å²) in [7, 11) is -2.54. The molecule has 1 aromatic rings. The third-order valence-electron chi connectivity index (χ3n) is 3.83. The van der Waals surface area contributed by atoms with Crippen LogP contribution in [0.1, 0.15) is 31.2 Å². The maximum atomic E-state index is 12.4. The summed E-state index contributed by atoms with van der Waals surface area (Å²) in [6, 6.07) is 5.84. The lowest BCUT2D eigenvalue weighted by molar-refractivity contribution is 0.170. The highest BCUT2D eigenvalue weighted by Gasteiger charge is 2.26. The van der Waals surface area contributed by atoms with Gasteiger partial charge in [0.05, 0.1) is 4.90 Å². The molecule has 22 heavy (non-hydrogen) atoms. The molecule has 1 fully saturated rings. The van der Waals surface area contributed by atoms with Crippen LogP contribution in [-0.2, 0) is 10.0 Å². The molecule has 1 heterocycles. The van der Waals surface area contributed by atoms with Crippen molar-refractivity contribution in [3.8, 4) is 0 Å². The van der Waals surface area contributed by atoms with Crippen molar-refractivity contribution in [3.05, 3.63) is 29.8 Å². The number of nitrogens with one attached hydrogen (secondary N) is 1. The molecule has 1 N–H and O–H groups in total. The van der Waals surface area contributed by atoms with E-state index in [0.29, 0.717) is 0 Å². The highest BCUT2D eigenvalue weighted by molar-refractivity contribution is 7.89. The number of carbonyl (C=O) groups is 1. The molecule has 6 nitrogen and oxygen atoms in total. The fraction of sp³-hybridized carbons (Fsp3) is 0.533. The molecule has 2 amide bonds. The van der Waals surface area contributed by atoms with Gasteiger partial charge in [-0.15, -0.1) is 0 Å². The molecule has 122 valence electrons. The normalized spacial score (nSPS) is 16.8. The molecule has 1 aliphatic heterocycles. The van der Waals surface area contributed by atoms with E-state index in [1.807, 2.05) is 6.92 Å². The van der Waals surface area contributed by atoms with Crippen LogP contribution in [0.3, 0.4) is 0 Å². The van der Waals surface area contributed by atoms with Gasteiger partial charge in [-0.1, -0.05) is 30.5 Å². The minimum absolute atomic E-state index is 0.117. The maximum absolute atomic E-state index is 12.4. The SMILES string of the molecule is Cc1ccc(S(=O)(=O)N(C)C(=O)NN2CCCCCC2)cc1. The fourth-order valence-corrected chi connectivity index (χ4v) is 3.42. The Balaban J connectivity index is 2.06. The maximum Gasteiger partial charge on any atom is 0.345 e. The Kier molecular flexibility index (Phi) is 5.42. The Morgan fingerprint density at radius 3 is 2.18 bits per heavy atom. The molecule has 1 aliphatic rings. The average molecular weight is 325 g/mol. The molecule has 2 rings (SSSR count). The first-order valence-corrected chi connectivity index (χ1v) is 8.96. The van der Waals surface area contributed by atoms with E-state index in [2.05, 4.69) is 5.43 Å². The van der Waals surface area contributed by atoms with E-state index in [4.69, 9.17) is 0 Å². The van der Waals surface area contributed by atoms with E-state index in [0.717, 1.165) is 48.6 Å². The fourth-order valence-electron chi connectivity index (χ4n) is 2.37. The van der Waals surface area contributed by atoms with Gasteiger partial charge in [0.15, 0.2) is 0 Å². The molecule has 0 radical (unpaired) electrons. The topological polar surface area (TPSA) is 69.7 Å². The van der Waals surface area contributed by atoms with Gasteiger partial charge in [-0.05, 0) is 31.9 Å². The Morgan fingerprint density at radius 2 is 1.64 bits per heavy atom. The van der Waals surface area contributed by atoms with Crippen LogP contribution >= 0.6 is 0 Å². The van der Waals surface area contributed by atoms with E-state index in [1.165, 1.54) is 19.2 Å². The molecule has 0 unspecified atom stereocenters. The molecule has 0 spiro atoms. The highest BCUT2D eigenvalue weighted by Crippen LogP contribution is 2.15. The number of hydrogen-bond donors (Lipinski definition) is 1. The zero-order chi connectivity index (χ0) is 16.2. The number of carbonyl (C=O) groups excluding carboxylic acids is 1. The lowest BCUT2D eigenvalue weighted by atomic mass is 10.2. The standard InChI is InChI=1S/C15H23N3O3S/c1-13-7-9-14(10-8-13)22(20,21)17(2)15(19)16-18-11-5-3-4-6-12-18/h7-10H,3-6,11-12H2,1-2H3,(H,16,19). The quantitative estimate of drug-likeness (QED) is 0.924. The molecule has 0 aromatic heterocycles. The molecule has 1 aromatic carbocycles. The predicted octanol–water partition coefficient (Wildman–Crippen LogP) is 2.12. The molecule has 1 saturated heterocycles. The molecule has 0 aliphatic carbocycles. The summed E-state index contributed by atoms with van der Waals surface area (Å²) < 4.78 is 25.6. The van der Waals surface area contributed by atoms with Gasteiger partial charge in [-0.3, -0.25) is 5.43 Å². The summed E-state index contributed by atoms with van der Waals surface area (Å²) in [4.78, 5) is 12.3. The number of amides is 2. The van der Waals surface area contributed by atoms with Gasteiger partial charge in [0, 0.05) is 20.1 Å². The second kappa shape index (κ2) is 7.11. The Bertz CT molecular complexity index is 605. The van der Waals surface area contributed by atoms with Crippen LogP contribution in [0, 0.1) is 6.92 Å². The first-order chi connectivity index (χ1) is 10.4. The van der Waals surface area contributed by atoms with Gasteiger partial charge in [0.25, 0.3) is 10.0 Å². The van der Waals surface area contributed by atoms with Crippen LogP contribution < -0.4 is 5.43 Å².